The summed E-state index contributed by atoms with van der Waals surface area (Å²) in [5.41, 5.74) is 0. The van der Waals surface area contributed by atoms with E-state index in [0.29, 0.717) is 52.4 Å². The summed E-state index contributed by atoms with van der Waals surface area (Å²) in [5.74, 6) is 1.15. The van der Waals surface area contributed by atoms with Gasteiger partial charge in [-0.05, 0) is 36.8 Å². The summed E-state index contributed by atoms with van der Waals surface area (Å²) in [4.78, 5) is 11.8. The number of ether oxygens (including phenoxy) is 1. The number of benzene rings is 1. The Bertz CT molecular complexity index is 745. The highest BCUT2D eigenvalue weighted by Crippen LogP contribution is 2.27. The van der Waals surface area contributed by atoms with Gasteiger partial charge in [0.15, 0.2) is 10.6 Å². The zero-order valence-electron chi connectivity index (χ0n) is 12.4. The van der Waals surface area contributed by atoms with Crippen molar-refractivity contribution in [3.63, 3.8) is 0 Å². The monoisotopic (exact) mass is 374 g/mol. The van der Waals surface area contributed by atoms with E-state index in [9.17, 15) is 4.79 Å². The molecule has 0 aliphatic carbocycles. The number of amides is 1. The van der Waals surface area contributed by atoms with E-state index in [1.54, 1.807) is 29.8 Å². The lowest BCUT2D eigenvalue weighted by atomic mass is 10.3. The predicted molar refractivity (Wildman–Crippen MR) is 91.4 cm³/mol. The van der Waals surface area contributed by atoms with Gasteiger partial charge in [-0.1, -0.05) is 23.2 Å². The van der Waals surface area contributed by atoms with Gasteiger partial charge in [0, 0.05) is 18.5 Å². The van der Waals surface area contributed by atoms with Gasteiger partial charge in [0.05, 0.1) is 18.2 Å². The second-order valence-electron chi connectivity index (χ2n) is 4.81. The van der Waals surface area contributed by atoms with Crippen LogP contribution in [-0.4, -0.2) is 27.3 Å². The van der Waals surface area contributed by atoms with Gasteiger partial charge in [-0.25, -0.2) is 0 Å². The van der Waals surface area contributed by atoms with Crippen LogP contribution in [0.3, 0.4) is 0 Å². The molecule has 23 heavy (non-hydrogen) atoms. The molecule has 1 amide bonds. The number of aromatic amines is 1. The zero-order valence-corrected chi connectivity index (χ0v) is 14.8. The van der Waals surface area contributed by atoms with Crippen LogP contribution in [0, 0.1) is 4.77 Å². The van der Waals surface area contributed by atoms with Crippen LogP contribution in [0.1, 0.15) is 18.7 Å². The summed E-state index contributed by atoms with van der Waals surface area (Å²) >= 11 is 16.8. The first-order chi connectivity index (χ1) is 11.0. The largest absolute Gasteiger partial charge is 0.492 e. The van der Waals surface area contributed by atoms with Gasteiger partial charge in [0.2, 0.25) is 5.91 Å². The minimum Gasteiger partial charge on any atom is -0.492 e. The van der Waals surface area contributed by atoms with E-state index >= 15 is 0 Å². The topological polar surface area (TPSA) is 71.9 Å². The molecule has 6 nitrogen and oxygen atoms in total. The van der Waals surface area contributed by atoms with Crippen molar-refractivity contribution in [2.75, 3.05) is 6.61 Å². The molecule has 0 spiro atoms. The third-order valence-corrected chi connectivity index (χ3v) is 4.01. The second kappa shape index (κ2) is 8.33. The number of aromatic nitrogens is 3. The molecule has 0 saturated heterocycles. The Balaban J connectivity index is 1.68. The summed E-state index contributed by atoms with van der Waals surface area (Å²) in [7, 11) is 1.79. The molecule has 0 radical (unpaired) electrons. The molecule has 0 saturated carbocycles. The number of H-pyrrole nitrogens is 1. The van der Waals surface area contributed by atoms with Crippen molar-refractivity contribution in [1.29, 1.82) is 0 Å². The van der Waals surface area contributed by atoms with Crippen molar-refractivity contribution in [3.8, 4) is 5.75 Å². The molecule has 2 rings (SSSR count). The molecule has 9 heteroatoms. The van der Waals surface area contributed by atoms with E-state index in [1.807, 2.05) is 0 Å². The van der Waals surface area contributed by atoms with E-state index in [0.717, 1.165) is 0 Å². The van der Waals surface area contributed by atoms with Gasteiger partial charge < -0.3 is 14.6 Å². The Morgan fingerprint density at radius 3 is 2.91 bits per heavy atom. The van der Waals surface area contributed by atoms with Crippen LogP contribution < -0.4 is 10.1 Å². The highest BCUT2D eigenvalue weighted by molar-refractivity contribution is 7.71. The highest BCUT2D eigenvalue weighted by Gasteiger charge is 2.06. The van der Waals surface area contributed by atoms with Crippen LogP contribution in [0.4, 0.5) is 0 Å². The number of nitrogens with one attached hydrogen (secondary N) is 2. The van der Waals surface area contributed by atoms with E-state index in [1.165, 1.54) is 0 Å². The van der Waals surface area contributed by atoms with Crippen LogP contribution in [0.5, 0.6) is 5.75 Å². The van der Waals surface area contributed by atoms with Gasteiger partial charge in [0.25, 0.3) is 0 Å². The quantitative estimate of drug-likeness (QED) is 0.576. The van der Waals surface area contributed by atoms with E-state index in [4.69, 9.17) is 40.2 Å². The normalized spacial score (nSPS) is 10.6. The fourth-order valence-corrected chi connectivity index (χ4v) is 2.42. The van der Waals surface area contributed by atoms with Crippen molar-refractivity contribution in [2.24, 2.45) is 7.05 Å². The molecule has 0 aliphatic heterocycles. The Morgan fingerprint density at radius 2 is 2.26 bits per heavy atom. The third-order valence-electron chi connectivity index (χ3n) is 3.12. The molecular formula is C14H16Cl2N4O2S. The maximum Gasteiger partial charge on any atom is 0.220 e. The third kappa shape index (κ3) is 5.23. The summed E-state index contributed by atoms with van der Waals surface area (Å²) < 4.78 is 7.75. The fourth-order valence-electron chi connectivity index (χ4n) is 1.81. The SMILES string of the molecule is Cn1c(CNC(=O)CCCOc2ccc(Cl)cc2Cl)n[nH]c1=S. The van der Waals surface area contributed by atoms with Crippen molar-refractivity contribution in [1.82, 2.24) is 20.1 Å². The average molecular weight is 375 g/mol. The van der Waals surface area contributed by atoms with Crippen LogP contribution >= 0.6 is 35.4 Å². The molecule has 2 N–H and O–H groups in total. The average Bonchev–Trinajstić information content (AvgIpc) is 2.83. The number of hydrogen-bond donors (Lipinski definition) is 2. The van der Waals surface area contributed by atoms with Gasteiger partial charge in [-0.2, -0.15) is 5.10 Å². The van der Waals surface area contributed by atoms with E-state index in [2.05, 4.69) is 15.5 Å². The summed E-state index contributed by atoms with van der Waals surface area (Å²) in [5, 5.41) is 10.5. The lowest BCUT2D eigenvalue weighted by Gasteiger charge is -2.08. The smallest absolute Gasteiger partial charge is 0.220 e. The fraction of sp³-hybridized carbons (Fsp3) is 0.357. The summed E-state index contributed by atoms with van der Waals surface area (Å²) in [6.45, 7) is 0.716. The van der Waals surface area contributed by atoms with Crippen LogP contribution in [0.15, 0.2) is 18.2 Å². The second-order valence-corrected chi connectivity index (χ2v) is 6.04. The first-order valence-electron chi connectivity index (χ1n) is 6.92. The Labute approximate surface area is 148 Å². The molecule has 124 valence electrons. The van der Waals surface area contributed by atoms with E-state index in [-0.39, 0.29) is 5.91 Å². The Hall–Kier alpha value is -1.57. The minimum atomic E-state index is -0.0790. The number of rotatable bonds is 7. The molecule has 0 unspecified atom stereocenters. The first kappa shape index (κ1) is 17.8. The molecule has 0 atom stereocenters. The Kier molecular flexibility index (Phi) is 6.44. The molecule has 0 bridgehead atoms. The van der Waals surface area contributed by atoms with Crippen molar-refractivity contribution < 1.29 is 9.53 Å². The summed E-state index contributed by atoms with van der Waals surface area (Å²) in [6, 6.07) is 5.02. The molecule has 0 aliphatic rings. The van der Waals surface area contributed by atoms with Crippen molar-refractivity contribution >= 4 is 41.3 Å². The molecule has 0 fully saturated rings. The Morgan fingerprint density at radius 1 is 1.48 bits per heavy atom. The number of carbonyl (C=O) groups is 1. The standard InChI is InChI=1S/C14H16Cl2N4O2S/c1-20-12(18-19-14(20)23)8-17-13(21)3-2-6-22-11-5-4-9(15)7-10(11)16/h4-5,7H,2-3,6,8H2,1H3,(H,17,21)(H,19,23). The number of halogens is 2. The van der Waals surface area contributed by atoms with Crippen molar-refractivity contribution in [2.45, 2.75) is 19.4 Å². The first-order valence-corrected chi connectivity index (χ1v) is 8.08. The number of hydrogen-bond acceptors (Lipinski definition) is 4. The summed E-state index contributed by atoms with van der Waals surface area (Å²) in [6.07, 6.45) is 0.920. The van der Waals surface area contributed by atoms with Crippen LogP contribution in [-0.2, 0) is 18.4 Å². The molecular weight excluding hydrogens is 359 g/mol. The number of nitrogens with zero attached hydrogens (tertiary/aromatic N) is 2. The zero-order chi connectivity index (χ0) is 16.8. The van der Waals surface area contributed by atoms with Crippen LogP contribution in [0.25, 0.3) is 0 Å². The maximum atomic E-state index is 11.8. The molecule has 1 aromatic carbocycles. The highest BCUT2D eigenvalue weighted by atomic mass is 35.5. The van der Waals surface area contributed by atoms with Gasteiger partial charge in [0.1, 0.15) is 5.75 Å². The van der Waals surface area contributed by atoms with Crippen molar-refractivity contribution in [3.05, 3.63) is 38.8 Å². The van der Waals surface area contributed by atoms with Gasteiger partial charge in [-0.3, -0.25) is 9.89 Å². The predicted octanol–water partition coefficient (Wildman–Crippen LogP) is 3.26. The minimum absolute atomic E-state index is 0.0790. The van der Waals surface area contributed by atoms with E-state index < -0.39 is 0 Å². The molecule has 2 aromatic rings. The van der Waals surface area contributed by atoms with Gasteiger partial charge in [-0.15, -0.1) is 0 Å². The lowest BCUT2D eigenvalue weighted by Crippen LogP contribution is -2.24. The molecule has 1 heterocycles. The number of carbonyl (C=O) groups excluding carboxylic acids is 1. The van der Waals surface area contributed by atoms with Gasteiger partial charge >= 0.3 is 0 Å². The molecule has 1 aromatic heterocycles. The van der Waals surface area contributed by atoms with Crippen LogP contribution in [0.2, 0.25) is 10.0 Å². The maximum absolute atomic E-state index is 11.8. The lowest BCUT2D eigenvalue weighted by molar-refractivity contribution is -0.121.